The lowest BCUT2D eigenvalue weighted by Gasteiger charge is -2.33. The third kappa shape index (κ3) is 4.23. The Morgan fingerprint density at radius 2 is 1.83 bits per heavy atom. The van der Waals surface area contributed by atoms with E-state index in [4.69, 9.17) is 4.74 Å². The van der Waals surface area contributed by atoms with Crippen LogP contribution in [0.15, 0.2) is 18.2 Å². The van der Waals surface area contributed by atoms with Crippen LogP contribution < -0.4 is 10.1 Å². The molecule has 2 fully saturated rings. The highest BCUT2D eigenvalue weighted by molar-refractivity contribution is 6.08. The number of ether oxygens (including phenoxy) is 1. The average Bonchev–Trinajstić information content (AvgIpc) is 2.96. The number of carbonyl (C=O) groups excluding carboxylic acids is 3. The highest BCUT2D eigenvalue weighted by Gasteiger charge is 2.49. The normalized spacial score (nSPS) is 19.4. The maximum absolute atomic E-state index is 12.7. The molecule has 2 aliphatic rings. The minimum Gasteiger partial charge on any atom is -0.490 e. The Hall–Kier alpha value is -2.57. The van der Waals surface area contributed by atoms with Gasteiger partial charge in [-0.25, -0.2) is 4.79 Å². The molecule has 2 heterocycles. The van der Waals surface area contributed by atoms with E-state index in [0.717, 1.165) is 34.6 Å². The highest BCUT2D eigenvalue weighted by atomic mass is 16.5. The van der Waals surface area contributed by atoms with Gasteiger partial charge in [-0.3, -0.25) is 14.5 Å². The molecule has 29 heavy (non-hydrogen) atoms. The van der Waals surface area contributed by atoms with Crippen molar-refractivity contribution in [3.63, 3.8) is 0 Å². The quantitative estimate of drug-likeness (QED) is 0.744. The molecule has 158 valence electrons. The van der Waals surface area contributed by atoms with Gasteiger partial charge in [-0.05, 0) is 43.9 Å². The van der Waals surface area contributed by atoms with E-state index < -0.39 is 11.6 Å². The molecule has 2 saturated heterocycles. The summed E-state index contributed by atoms with van der Waals surface area (Å²) in [5, 5.41) is 2.77. The van der Waals surface area contributed by atoms with Gasteiger partial charge in [0.1, 0.15) is 23.9 Å². The lowest BCUT2D eigenvalue weighted by molar-refractivity contribution is -0.140. The summed E-state index contributed by atoms with van der Waals surface area (Å²) >= 11 is 0. The maximum atomic E-state index is 12.7. The first-order valence-electron chi connectivity index (χ1n) is 10.5. The average molecular weight is 402 g/mol. The Morgan fingerprint density at radius 1 is 1.17 bits per heavy atom. The van der Waals surface area contributed by atoms with E-state index in [1.165, 1.54) is 0 Å². The topological polar surface area (TPSA) is 79.0 Å². The molecular formula is C22H31N3O4. The van der Waals surface area contributed by atoms with Gasteiger partial charge >= 0.3 is 6.03 Å². The summed E-state index contributed by atoms with van der Waals surface area (Å²) in [7, 11) is 0. The summed E-state index contributed by atoms with van der Waals surface area (Å²) in [6.07, 6.45) is 2.55. The molecule has 4 amide bonds. The second-order valence-electron chi connectivity index (χ2n) is 8.08. The molecule has 0 spiro atoms. The van der Waals surface area contributed by atoms with Gasteiger partial charge in [0.25, 0.3) is 5.91 Å². The van der Waals surface area contributed by atoms with E-state index in [2.05, 4.69) is 11.4 Å². The van der Waals surface area contributed by atoms with Gasteiger partial charge < -0.3 is 15.0 Å². The Labute approximate surface area is 172 Å². The van der Waals surface area contributed by atoms with Crippen molar-refractivity contribution < 1.29 is 19.1 Å². The SMILES string of the molecule is CCC1(CC)NC(=O)N(CC(=O)N2CCC(Oc3cc(C)ccc3C)CC2)C1=O. The number of benzene rings is 1. The number of hydrogen-bond acceptors (Lipinski definition) is 4. The maximum Gasteiger partial charge on any atom is 0.325 e. The monoisotopic (exact) mass is 401 g/mol. The van der Waals surface area contributed by atoms with Crippen molar-refractivity contribution in [1.82, 2.24) is 15.1 Å². The first-order chi connectivity index (χ1) is 13.8. The Balaban J connectivity index is 1.55. The number of piperidine rings is 1. The lowest BCUT2D eigenvalue weighted by Crippen LogP contribution is -2.49. The molecule has 7 nitrogen and oxygen atoms in total. The van der Waals surface area contributed by atoms with Crippen molar-refractivity contribution in [2.45, 2.75) is 65.0 Å². The minimum atomic E-state index is -0.871. The van der Waals surface area contributed by atoms with Crippen molar-refractivity contribution in [2.24, 2.45) is 0 Å². The van der Waals surface area contributed by atoms with Gasteiger partial charge in [0.2, 0.25) is 5.91 Å². The molecule has 0 radical (unpaired) electrons. The zero-order valence-corrected chi connectivity index (χ0v) is 17.8. The van der Waals surface area contributed by atoms with Crippen LogP contribution in [0.25, 0.3) is 0 Å². The number of rotatable bonds is 6. The molecule has 0 aromatic heterocycles. The summed E-state index contributed by atoms with van der Waals surface area (Å²) in [6, 6.07) is 5.68. The number of likely N-dealkylation sites (tertiary alicyclic amines) is 1. The van der Waals surface area contributed by atoms with Crippen molar-refractivity contribution in [2.75, 3.05) is 19.6 Å². The molecule has 0 atom stereocenters. The Kier molecular flexibility index (Phi) is 6.15. The van der Waals surface area contributed by atoms with Gasteiger partial charge in [-0.15, -0.1) is 0 Å². The predicted molar refractivity (Wildman–Crippen MR) is 110 cm³/mol. The van der Waals surface area contributed by atoms with Crippen LogP contribution in [0.5, 0.6) is 5.75 Å². The lowest BCUT2D eigenvalue weighted by atomic mass is 9.93. The number of hydrogen-bond donors (Lipinski definition) is 1. The van der Waals surface area contributed by atoms with Gasteiger partial charge in [0.05, 0.1) is 0 Å². The third-order valence-electron chi connectivity index (χ3n) is 6.18. The van der Waals surface area contributed by atoms with Crippen LogP contribution in [-0.4, -0.2) is 58.9 Å². The van der Waals surface area contributed by atoms with Crippen molar-refractivity contribution in [1.29, 1.82) is 0 Å². The van der Waals surface area contributed by atoms with Gasteiger partial charge in [0.15, 0.2) is 0 Å². The summed E-state index contributed by atoms with van der Waals surface area (Å²) in [5.74, 6) is 0.403. The molecule has 1 aromatic carbocycles. The van der Waals surface area contributed by atoms with E-state index in [0.29, 0.717) is 25.9 Å². The largest absolute Gasteiger partial charge is 0.490 e. The third-order valence-corrected chi connectivity index (χ3v) is 6.18. The standard InChI is InChI=1S/C22H31N3O4/c1-5-22(6-2)20(27)25(21(28)23-22)14-19(26)24-11-9-17(10-12-24)29-18-13-15(3)7-8-16(18)4/h7-8,13,17H,5-6,9-12,14H2,1-4H3,(H,23,28). The number of carbonyl (C=O) groups is 3. The fraction of sp³-hybridized carbons (Fsp3) is 0.591. The first kappa shape index (κ1) is 21.1. The summed E-state index contributed by atoms with van der Waals surface area (Å²) < 4.78 is 6.15. The van der Waals surface area contributed by atoms with Crippen LogP contribution in [0.4, 0.5) is 4.79 Å². The van der Waals surface area contributed by atoms with E-state index in [1.807, 2.05) is 39.8 Å². The molecule has 1 aromatic rings. The molecule has 0 aliphatic carbocycles. The molecule has 1 N–H and O–H groups in total. The zero-order chi connectivity index (χ0) is 21.2. The number of nitrogens with zero attached hydrogens (tertiary/aromatic N) is 2. The smallest absolute Gasteiger partial charge is 0.325 e. The molecule has 0 bridgehead atoms. The molecule has 0 unspecified atom stereocenters. The van der Waals surface area contributed by atoms with Crippen LogP contribution in [0.1, 0.15) is 50.7 Å². The van der Waals surface area contributed by atoms with Gasteiger partial charge in [-0.2, -0.15) is 0 Å². The molecule has 2 aliphatic heterocycles. The van der Waals surface area contributed by atoms with Gasteiger partial charge in [-0.1, -0.05) is 26.0 Å². The molecule has 3 rings (SSSR count). The van der Waals surface area contributed by atoms with Crippen LogP contribution in [0.2, 0.25) is 0 Å². The van der Waals surface area contributed by atoms with Crippen molar-refractivity contribution in [3.8, 4) is 5.75 Å². The number of aryl methyl sites for hydroxylation is 2. The van der Waals surface area contributed by atoms with Crippen LogP contribution in [0.3, 0.4) is 0 Å². The van der Waals surface area contributed by atoms with Crippen molar-refractivity contribution in [3.05, 3.63) is 29.3 Å². The number of amides is 4. The minimum absolute atomic E-state index is 0.0594. The molecular weight excluding hydrogens is 370 g/mol. The molecule has 0 saturated carbocycles. The van der Waals surface area contributed by atoms with E-state index in [-0.39, 0.29) is 24.5 Å². The second-order valence-corrected chi connectivity index (χ2v) is 8.08. The number of urea groups is 1. The number of imide groups is 1. The van der Waals surface area contributed by atoms with Crippen LogP contribution >= 0.6 is 0 Å². The fourth-order valence-corrected chi connectivity index (χ4v) is 4.02. The first-order valence-corrected chi connectivity index (χ1v) is 10.5. The number of nitrogens with one attached hydrogen (secondary N) is 1. The molecule has 7 heteroatoms. The summed E-state index contributed by atoms with van der Waals surface area (Å²) in [5.41, 5.74) is 1.38. The van der Waals surface area contributed by atoms with Crippen molar-refractivity contribution >= 4 is 17.8 Å². The van der Waals surface area contributed by atoms with Crippen LogP contribution in [0, 0.1) is 13.8 Å². The summed E-state index contributed by atoms with van der Waals surface area (Å²) in [6.45, 7) is 8.72. The predicted octanol–water partition coefficient (Wildman–Crippen LogP) is 2.78. The van der Waals surface area contributed by atoms with Gasteiger partial charge in [0, 0.05) is 25.9 Å². The summed E-state index contributed by atoms with van der Waals surface area (Å²) in [4.78, 5) is 40.4. The second kappa shape index (κ2) is 8.43. The van der Waals surface area contributed by atoms with E-state index >= 15 is 0 Å². The Morgan fingerprint density at radius 3 is 2.41 bits per heavy atom. The Bertz CT molecular complexity index is 795. The van der Waals surface area contributed by atoms with E-state index in [9.17, 15) is 14.4 Å². The fourth-order valence-electron chi connectivity index (χ4n) is 4.02. The zero-order valence-electron chi connectivity index (χ0n) is 17.8. The highest BCUT2D eigenvalue weighted by Crippen LogP contribution is 2.26. The van der Waals surface area contributed by atoms with Crippen LogP contribution in [-0.2, 0) is 9.59 Å². The van der Waals surface area contributed by atoms with E-state index in [1.54, 1.807) is 4.90 Å².